The fourth-order valence-corrected chi connectivity index (χ4v) is 3.35. The number of benzene rings is 2. The molecule has 0 aromatic heterocycles. The minimum Gasteiger partial charge on any atom is -0.497 e. The van der Waals surface area contributed by atoms with Gasteiger partial charge in [-0.3, -0.25) is 9.59 Å². The molecule has 0 saturated carbocycles. The van der Waals surface area contributed by atoms with Crippen molar-refractivity contribution in [2.24, 2.45) is 0 Å². The molecule has 5 heteroatoms. The first-order chi connectivity index (χ1) is 13.0. The highest BCUT2D eigenvalue weighted by atomic mass is 16.5. The van der Waals surface area contributed by atoms with E-state index in [0.29, 0.717) is 19.0 Å². The lowest BCUT2D eigenvalue weighted by Crippen LogP contribution is -2.52. The largest absolute Gasteiger partial charge is 0.497 e. The molecule has 2 aromatic rings. The first-order valence-corrected chi connectivity index (χ1v) is 9.29. The van der Waals surface area contributed by atoms with Gasteiger partial charge >= 0.3 is 0 Å². The fourth-order valence-electron chi connectivity index (χ4n) is 3.35. The molecule has 1 N–H and O–H groups in total. The zero-order chi connectivity index (χ0) is 19.4. The molecule has 0 spiro atoms. The first-order valence-electron chi connectivity index (χ1n) is 9.29. The second kappa shape index (κ2) is 8.25. The standard InChI is InChI=1S/C22H26N2O3/c1-15(2)17-6-8-18(9-7-17)21-22(26)23-12-13-24(21)20(25)14-16-4-10-19(27-3)11-5-16/h4-11,15,21H,12-14H2,1-3H3,(H,23,26). The molecule has 1 heterocycles. The Morgan fingerprint density at radius 1 is 1.15 bits per heavy atom. The number of methoxy groups -OCH3 is 1. The predicted molar refractivity (Wildman–Crippen MR) is 105 cm³/mol. The Kier molecular flexibility index (Phi) is 5.79. The van der Waals surface area contributed by atoms with Crippen molar-refractivity contribution in [3.05, 3.63) is 65.2 Å². The van der Waals surface area contributed by atoms with Crippen molar-refractivity contribution in [2.75, 3.05) is 20.2 Å². The molecule has 0 bridgehead atoms. The highest BCUT2D eigenvalue weighted by molar-refractivity contribution is 5.90. The van der Waals surface area contributed by atoms with Crippen molar-refractivity contribution in [3.63, 3.8) is 0 Å². The third-order valence-electron chi connectivity index (χ3n) is 4.97. The van der Waals surface area contributed by atoms with Crippen molar-refractivity contribution >= 4 is 11.8 Å². The monoisotopic (exact) mass is 366 g/mol. The van der Waals surface area contributed by atoms with Gasteiger partial charge in [0.25, 0.3) is 0 Å². The first kappa shape index (κ1) is 19.0. The van der Waals surface area contributed by atoms with Crippen molar-refractivity contribution in [1.82, 2.24) is 10.2 Å². The SMILES string of the molecule is COc1ccc(CC(=O)N2CCNC(=O)C2c2ccc(C(C)C)cc2)cc1. The maximum absolute atomic E-state index is 12.9. The van der Waals surface area contributed by atoms with Gasteiger partial charge in [0.15, 0.2) is 0 Å². The Morgan fingerprint density at radius 2 is 1.81 bits per heavy atom. The fraction of sp³-hybridized carbons (Fsp3) is 0.364. The van der Waals surface area contributed by atoms with Crippen LogP contribution in [-0.2, 0) is 16.0 Å². The van der Waals surface area contributed by atoms with E-state index < -0.39 is 6.04 Å². The molecule has 3 rings (SSSR count). The van der Waals surface area contributed by atoms with Crippen LogP contribution in [0.1, 0.15) is 42.5 Å². The van der Waals surface area contributed by atoms with Crippen LogP contribution in [0.25, 0.3) is 0 Å². The van der Waals surface area contributed by atoms with Gasteiger partial charge in [0.2, 0.25) is 11.8 Å². The van der Waals surface area contributed by atoms with Crippen LogP contribution in [0.3, 0.4) is 0 Å². The summed E-state index contributed by atoms with van der Waals surface area (Å²) in [4.78, 5) is 27.2. The van der Waals surface area contributed by atoms with Gasteiger partial charge in [0.1, 0.15) is 11.8 Å². The number of nitrogens with zero attached hydrogens (tertiary/aromatic N) is 1. The second-order valence-corrected chi connectivity index (χ2v) is 7.13. The molecule has 1 fully saturated rings. The number of piperazine rings is 1. The molecular formula is C22H26N2O3. The molecule has 1 unspecified atom stereocenters. The molecular weight excluding hydrogens is 340 g/mol. The molecule has 1 saturated heterocycles. The maximum Gasteiger partial charge on any atom is 0.247 e. The van der Waals surface area contributed by atoms with Crippen LogP contribution < -0.4 is 10.1 Å². The summed E-state index contributed by atoms with van der Waals surface area (Å²) in [5.41, 5.74) is 2.96. The lowest BCUT2D eigenvalue weighted by molar-refractivity contribution is -0.143. The molecule has 27 heavy (non-hydrogen) atoms. The maximum atomic E-state index is 12.9. The smallest absolute Gasteiger partial charge is 0.247 e. The van der Waals surface area contributed by atoms with Gasteiger partial charge in [0.05, 0.1) is 13.5 Å². The Balaban J connectivity index is 1.80. The number of hydrogen-bond donors (Lipinski definition) is 1. The van der Waals surface area contributed by atoms with Crippen molar-refractivity contribution in [2.45, 2.75) is 32.2 Å². The number of nitrogens with one attached hydrogen (secondary N) is 1. The summed E-state index contributed by atoms with van der Waals surface area (Å²) in [5, 5.41) is 2.88. The van der Waals surface area contributed by atoms with E-state index in [2.05, 4.69) is 19.2 Å². The lowest BCUT2D eigenvalue weighted by Gasteiger charge is -2.35. The molecule has 2 amide bonds. The highest BCUT2D eigenvalue weighted by Gasteiger charge is 2.34. The summed E-state index contributed by atoms with van der Waals surface area (Å²) in [6.07, 6.45) is 0.262. The van der Waals surface area contributed by atoms with Crippen molar-refractivity contribution in [1.29, 1.82) is 0 Å². The van der Waals surface area contributed by atoms with Gasteiger partial charge in [-0.25, -0.2) is 0 Å². The van der Waals surface area contributed by atoms with Crippen LogP contribution in [0.4, 0.5) is 0 Å². The van der Waals surface area contributed by atoms with Crippen LogP contribution in [-0.4, -0.2) is 36.9 Å². The van der Waals surface area contributed by atoms with Crippen LogP contribution in [0.5, 0.6) is 5.75 Å². The van der Waals surface area contributed by atoms with Crippen LogP contribution in [0.15, 0.2) is 48.5 Å². The average Bonchev–Trinajstić information content (AvgIpc) is 2.68. The second-order valence-electron chi connectivity index (χ2n) is 7.13. The van der Waals surface area contributed by atoms with Crippen LogP contribution in [0.2, 0.25) is 0 Å². The molecule has 142 valence electrons. The normalized spacial score (nSPS) is 17.0. The summed E-state index contributed by atoms with van der Waals surface area (Å²) < 4.78 is 5.16. The average molecular weight is 366 g/mol. The molecule has 1 aliphatic rings. The Bertz CT molecular complexity index is 797. The zero-order valence-electron chi connectivity index (χ0n) is 16.1. The summed E-state index contributed by atoms with van der Waals surface area (Å²) in [6.45, 7) is 5.26. The summed E-state index contributed by atoms with van der Waals surface area (Å²) in [5.74, 6) is 1.01. The molecule has 0 radical (unpaired) electrons. The molecule has 0 aliphatic carbocycles. The number of amides is 2. The van der Waals surface area contributed by atoms with Gasteiger partial charge in [-0.15, -0.1) is 0 Å². The quantitative estimate of drug-likeness (QED) is 0.885. The van der Waals surface area contributed by atoms with E-state index in [0.717, 1.165) is 16.9 Å². The predicted octanol–water partition coefficient (Wildman–Crippen LogP) is 3.06. The number of hydrogen-bond acceptors (Lipinski definition) is 3. The van der Waals surface area contributed by atoms with Crippen molar-refractivity contribution < 1.29 is 14.3 Å². The van der Waals surface area contributed by atoms with E-state index in [4.69, 9.17) is 4.74 Å². The number of ether oxygens (including phenoxy) is 1. The lowest BCUT2D eigenvalue weighted by atomic mass is 9.96. The highest BCUT2D eigenvalue weighted by Crippen LogP contribution is 2.26. The van der Waals surface area contributed by atoms with Crippen molar-refractivity contribution in [3.8, 4) is 5.75 Å². The minimum absolute atomic E-state index is 0.0482. The minimum atomic E-state index is -0.578. The van der Waals surface area contributed by atoms with Gasteiger partial charge in [0, 0.05) is 13.1 Å². The van der Waals surface area contributed by atoms with Gasteiger partial charge < -0.3 is 15.0 Å². The zero-order valence-corrected chi connectivity index (χ0v) is 16.1. The van der Waals surface area contributed by atoms with E-state index in [1.165, 1.54) is 5.56 Å². The molecule has 1 aliphatic heterocycles. The van der Waals surface area contributed by atoms with E-state index >= 15 is 0 Å². The van der Waals surface area contributed by atoms with Crippen LogP contribution >= 0.6 is 0 Å². The molecule has 2 aromatic carbocycles. The Morgan fingerprint density at radius 3 is 2.41 bits per heavy atom. The van der Waals surface area contributed by atoms with E-state index in [-0.39, 0.29) is 18.2 Å². The number of carbonyl (C=O) groups excluding carboxylic acids is 2. The topological polar surface area (TPSA) is 58.6 Å². The van der Waals surface area contributed by atoms with E-state index in [1.807, 2.05) is 48.5 Å². The molecule has 5 nitrogen and oxygen atoms in total. The van der Waals surface area contributed by atoms with Gasteiger partial charge in [-0.2, -0.15) is 0 Å². The Labute approximate surface area is 160 Å². The third kappa shape index (κ3) is 4.30. The summed E-state index contributed by atoms with van der Waals surface area (Å²) >= 11 is 0. The molecule has 1 atom stereocenters. The van der Waals surface area contributed by atoms with E-state index in [9.17, 15) is 9.59 Å². The third-order valence-corrected chi connectivity index (χ3v) is 4.97. The summed E-state index contributed by atoms with van der Waals surface area (Å²) in [7, 11) is 1.61. The van der Waals surface area contributed by atoms with Gasteiger partial charge in [-0.05, 0) is 34.7 Å². The Hall–Kier alpha value is -2.82. The number of rotatable bonds is 5. The summed E-state index contributed by atoms with van der Waals surface area (Å²) in [6, 6.07) is 14.9. The number of carbonyl (C=O) groups is 2. The van der Waals surface area contributed by atoms with Gasteiger partial charge in [-0.1, -0.05) is 50.2 Å². The van der Waals surface area contributed by atoms with Crippen LogP contribution in [0, 0.1) is 0 Å². The van der Waals surface area contributed by atoms with E-state index in [1.54, 1.807) is 12.0 Å².